The van der Waals surface area contributed by atoms with E-state index in [0.717, 1.165) is 10.1 Å². The molecular weight excluding hydrogens is 398 g/mol. The standard InChI is InChI=1S/C20H20ClN3O3S/c1-4-27-17-11-13(5-7-16(17)26-3)19(25)23-15-12-14(21)6-8-18(15)28-20-22-9-10-24(20)2/h5-12H,4H2,1-3H3,(H,23,25). The van der Waals surface area contributed by atoms with E-state index in [1.807, 2.05) is 30.8 Å². The van der Waals surface area contributed by atoms with Gasteiger partial charge in [-0.05, 0) is 55.1 Å². The Labute approximate surface area is 172 Å². The fourth-order valence-electron chi connectivity index (χ4n) is 2.52. The zero-order chi connectivity index (χ0) is 20.1. The average molecular weight is 418 g/mol. The van der Waals surface area contributed by atoms with E-state index in [2.05, 4.69) is 10.3 Å². The van der Waals surface area contributed by atoms with Crippen LogP contribution in [0.4, 0.5) is 5.69 Å². The van der Waals surface area contributed by atoms with Gasteiger partial charge in [-0.2, -0.15) is 0 Å². The number of rotatable bonds is 7. The summed E-state index contributed by atoms with van der Waals surface area (Å²) in [5.74, 6) is 0.825. The summed E-state index contributed by atoms with van der Waals surface area (Å²) in [6.45, 7) is 2.35. The number of halogens is 1. The van der Waals surface area contributed by atoms with Gasteiger partial charge in [0, 0.05) is 34.9 Å². The number of nitrogens with one attached hydrogen (secondary N) is 1. The van der Waals surface area contributed by atoms with Gasteiger partial charge in [-0.15, -0.1) is 0 Å². The minimum absolute atomic E-state index is 0.271. The molecule has 0 atom stereocenters. The first-order valence-electron chi connectivity index (χ1n) is 8.58. The summed E-state index contributed by atoms with van der Waals surface area (Å²) in [5, 5.41) is 4.27. The molecule has 1 amide bonds. The van der Waals surface area contributed by atoms with Gasteiger partial charge in [0.2, 0.25) is 0 Å². The van der Waals surface area contributed by atoms with Crippen LogP contribution in [-0.4, -0.2) is 29.2 Å². The predicted octanol–water partition coefficient (Wildman–Crippen LogP) is 4.88. The van der Waals surface area contributed by atoms with E-state index in [9.17, 15) is 4.79 Å². The molecule has 0 saturated carbocycles. The Hall–Kier alpha value is -2.64. The molecule has 0 saturated heterocycles. The Balaban J connectivity index is 1.87. The van der Waals surface area contributed by atoms with Gasteiger partial charge in [0.15, 0.2) is 16.7 Å². The summed E-state index contributed by atoms with van der Waals surface area (Å²) in [7, 11) is 3.47. The highest BCUT2D eigenvalue weighted by atomic mass is 35.5. The molecule has 3 aromatic rings. The van der Waals surface area contributed by atoms with Crippen LogP contribution in [0.15, 0.2) is 58.8 Å². The molecule has 0 aliphatic carbocycles. The number of amides is 1. The number of anilines is 1. The fraction of sp³-hybridized carbons (Fsp3) is 0.200. The third kappa shape index (κ3) is 4.61. The lowest BCUT2D eigenvalue weighted by Crippen LogP contribution is -2.13. The third-order valence-corrected chi connectivity index (χ3v) is 5.28. The number of carbonyl (C=O) groups excluding carboxylic acids is 1. The lowest BCUT2D eigenvalue weighted by Gasteiger charge is -2.13. The highest BCUT2D eigenvalue weighted by molar-refractivity contribution is 7.99. The van der Waals surface area contributed by atoms with Crippen LogP contribution in [0.3, 0.4) is 0 Å². The topological polar surface area (TPSA) is 65.4 Å². The molecule has 1 aromatic heterocycles. The second-order valence-electron chi connectivity index (χ2n) is 5.82. The molecule has 0 fully saturated rings. The summed E-state index contributed by atoms with van der Waals surface area (Å²) in [6.07, 6.45) is 3.59. The van der Waals surface area contributed by atoms with Crippen LogP contribution >= 0.6 is 23.4 Å². The lowest BCUT2D eigenvalue weighted by molar-refractivity contribution is 0.102. The summed E-state index contributed by atoms with van der Waals surface area (Å²) in [4.78, 5) is 18.0. The monoisotopic (exact) mass is 417 g/mol. The maximum absolute atomic E-state index is 12.8. The van der Waals surface area contributed by atoms with Crippen molar-refractivity contribution in [2.24, 2.45) is 7.05 Å². The molecule has 0 aliphatic heterocycles. The number of ether oxygens (including phenoxy) is 2. The third-order valence-electron chi connectivity index (χ3n) is 3.89. The Kier molecular flexibility index (Phi) is 6.49. The predicted molar refractivity (Wildman–Crippen MR) is 111 cm³/mol. The van der Waals surface area contributed by atoms with Crippen molar-refractivity contribution in [2.75, 3.05) is 19.0 Å². The van der Waals surface area contributed by atoms with Crippen molar-refractivity contribution >= 4 is 35.0 Å². The van der Waals surface area contributed by atoms with E-state index in [4.69, 9.17) is 21.1 Å². The number of aryl methyl sites for hydroxylation is 1. The van der Waals surface area contributed by atoms with Crippen LogP contribution in [0, 0.1) is 0 Å². The molecule has 1 N–H and O–H groups in total. The molecule has 0 radical (unpaired) electrons. The van der Waals surface area contributed by atoms with Gasteiger partial charge in [0.1, 0.15) is 0 Å². The largest absolute Gasteiger partial charge is 0.493 e. The fourth-order valence-corrected chi connectivity index (χ4v) is 3.56. The number of aromatic nitrogens is 2. The zero-order valence-electron chi connectivity index (χ0n) is 15.7. The van der Waals surface area contributed by atoms with Gasteiger partial charge in [-0.3, -0.25) is 4.79 Å². The normalized spacial score (nSPS) is 10.6. The molecule has 6 nitrogen and oxygen atoms in total. The number of hydrogen-bond donors (Lipinski definition) is 1. The summed E-state index contributed by atoms with van der Waals surface area (Å²) < 4.78 is 12.7. The summed E-state index contributed by atoms with van der Waals surface area (Å²) in [5.41, 5.74) is 1.07. The molecule has 0 unspecified atom stereocenters. The van der Waals surface area contributed by atoms with Crippen molar-refractivity contribution in [3.8, 4) is 11.5 Å². The van der Waals surface area contributed by atoms with Gasteiger partial charge in [0.05, 0.1) is 19.4 Å². The molecule has 2 aromatic carbocycles. The maximum Gasteiger partial charge on any atom is 0.255 e. The first kappa shape index (κ1) is 20.1. The van der Waals surface area contributed by atoms with Crippen molar-refractivity contribution in [1.82, 2.24) is 9.55 Å². The van der Waals surface area contributed by atoms with Crippen molar-refractivity contribution in [1.29, 1.82) is 0 Å². The molecule has 3 rings (SSSR count). The average Bonchev–Trinajstić information content (AvgIpc) is 3.08. The van der Waals surface area contributed by atoms with Crippen LogP contribution < -0.4 is 14.8 Å². The van der Waals surface area contributed by atoms with E-state index in [1.54, 1.807) is 43.6 Å². The number of nitrogens with zero attached hydrogens (tertiary/aromatic N) is 2. The van der Waals surface area contributed by atoms with Crippen LogP contribution in [0.1, 0.15) is 17.3 Å². The molecule has 28 heavy (non-hydrogen) atoms. The molecular formula is C20H20ClN3O3S. The van der Waals surface area contributed by atoms with Gasteiger partial charge < -0.3 is 19.4 Å². The Morgan fingerprint density at radius 1 is 1.25 bits per heavy atom. The van der Waals surface area contributed by atoms with Gasteiger partial charge in [0.25, 0.3) is 5.91 Å². The van der Waals surface area contributed by atoms with E-state index in [0.29, 0.717) is 34.4 Å². The summed E-state index contributed by atoms with van der Waals surface area (Å²) >= 11 is 7.59. The molecule has 1 heterocycles. The molecule has 0 spiro atoms. The van der Waals surface area contributed by atoms with E-state index < -0.39 is 0 Å². The van der Waals surface area contributed by atoms with Crippen molar-refractivity contribution in [2.45, 2.75) is 17.0 Å². The first-order valence-corrected chi connectivity index (χ1v) is 9.78. The van der Waals surface area contributed by atoms with E-state index in [-0.39, 0.29) is 5.91 Å². The number of hydrogen-bond acceptors (Lipinski definition) is 5. The van der Waals surface area contributed by atoms with Crippen LogP contribution in [0.25, 0.3) is 0 Å². The highest BCUT2D eigenvalue weighted by Crippen LogP contribution is 2.35. The summed E-state index contributed by atoms with van der Waals surface area (Å²) in [6, 6.07) is 10.4. The highest BCUT2D eigenvalue weighted by Gasteiger charge is 2.15. The lowest BCUT2D eigenvalue weighted by atomic mass is 10.2. The number of carbonyl (C=O) groups is 1. The number of benzene rings is 2. The van der Waals surface area contributed by atoms with Crippen molar-refractivity contribution < 1.29 is 14.3 Å². The smallest absolute Gasteiger partial charge is 0.255 e. The van der Waals surface area contributed by atoms with E-state index in [1.165, 1.54) is 11.8 Å². The quantitative estimate of drug-likeness (QED) is 0.593. The molecule has 8 heteroatoms. The molecule has 146 valence electrons. The molecule has 0 aliphatic rings. The second-order valence-corrected chi connectivity index (χ2v) is 7.26. The Morgan fingerprint density at radius 2 is 2.07 bits per heavy atom. The Bertz CT molecular complexity index is 991. The van der Waals surface area contributed by atoms with Gasteiger partial charge >= 0.3 is 0 Å². The zero-order valence-corrected chi connectivity index (χ0v) is 17.3. The number of methoxy groups -OCH3 is 1. The van der Waals surface area contributed by atoms with E-state index >= 15 is 0 Å². The van der Waals surface area contributed by atoms with Gasteiger partial charge in [-0.1, -0.05) is 11.6 Å². The van der Waals surface area contributed by atoms with Crippen LogP contribution in [-0.2, 0) is 7.05 Å². The second kappa shape index (κ2) is 9.03. The SMILES string of the molecule is CCOc1cc(C(=O)Nc2cc(Cl)ccc2Sc2nccn2C)ccc1OC. The minimum Gasteiger partial charge on any atom is -0.493 e. The Morgan fingerprint density at radius 3 is 2.75 bits per heavy atom. The molecule has 0 bridgehead atoms. The first-order chi connectivity index (χ1) is 13.5. The van der Waals surface area contributed by atoms with Crippen molar-refractivity contribution in [3.63, 3.8) is 0 Å². The van der Waals surface area contributed by atoms with Crippen LogP contribution in [0.5, 0.6) is 11.5 Å². The number of imidazole rings is 1. The minimum atomic E-state index is -0.271. The maximum atomic E-state index is 12.8. The van der Waals surface area contributed by atoms with Gasteiger partial charge in [-0.25, -0.2) is 4.98 Å². The van der Waals surface area contributed by atoms with Crippen LogP contribution in [0.2, 0.25) is 5.02 Å². The van der Waals surface area contributed by atoms with Crippen molar-refractivity contribution in [3.05, 3.63) is 59.4 Å².